The van der Waals surface area contributed by atoms with Crippen molar-refractivity contribution in [3.63, 3.8) is 0 Å². The average Bonchev–Trinajstić information content (AvgIpc) is 2.08. The van der Waals surface area contributed by atoms with Crippen LogP contribution in [-0.2, 0) is 13.3 Å². The minimum absolute atomic E-state index is 0.771. The molecule has 0 spiro atoms. The normalized spacial score (nSPS) is 11.9. The van der Waals surface area contributed by atoms with E-state index < -0.39 is 8.80 Å². The smallest absolute Gasteiger partial charge is 0.375 e. The van der Waals surface area contributed by atoms with E-state index in [1.54, 1.807) is 14.2 Å². The second-order valence-corrected chi connectivity index (χ2v) is 5.48. The largest absolute Gasteiger partial charge is 0.547 e. The molecule has 0 saturated carbocycles. The maximum absolute atomic E-state index is 5.14. The van der Waals surface area contributed by atoms with Gasteiger partial charge in [0.05, 0.1) is 0 Å². The lowest BCUT2D eigenvalue weighted by molar-refractivity contribution is 0.138. The molecule has 0 aromatic rings. The van der Waals surface area contributed by atoms with Crippen molar-refractivity contribution in [3.05, 3.63) is 7.11 Å². The van der Waals surface area contributed by atoms with Crippen molar-refractivity contribution in [2.24, 2.45) is 0 Å². The molecule has 0 radical (unpaired) electrons. The number of hydrogen-bond acceptors (Lipinski definition) is 4. The zero-order valence-corrected chi connectivity index (χ0v) is 8.89. The van der Waals surface area contributed by atoms with Gasteiger partial charge in [-0.15, -0.1) is 0 Å². The minimum atomic E-state index is -2.40. The van der Waals surface area contributed by atoms with Crippen LogP contribution < -0.4 is 0 Å². The van der Waals surface area contributed by atoms with Gasteiger partial charge < -0.3 is 8.85 Å². The summed E-state index contributed by atoms with van der Waals surface area (Å²) < 4.78 is 15.2. The predicted molar refractivity (Wildman–Crippen MR) is 49.5 cm³/mol. The van der Waals surface area contributed by atoms with Crippen molar-refractivity contribution >= 4 is 21.4 Å². The van der Waals surface area contributed by atoms with Crippen molar-refractivity contribution < 1.29 is 13.3 Å². The Hall–Kier alpha value is 0.317. The molecule has 11 heavy (non-hydrogen) atoms. The molecule has 0 aliphatic carbocycles. The fourth-order valence-electron chi connectivity index (χ4n) is 0.773. The van der Waals surface area contributed by atoms with E-state index in [1.807, 2.05) is 0 Å². The van der Waals surface area contributed by atoms with E-state index in [0.29, 0.717) is 0 Å². The molecule has 0 rings (SSSR count). The van der Waals surface area contributed by atoms with Gasteiger partial charge in [-0.05, 0) is 12.2 Å². The van der Waals surface area contributed by atoms with Crippen LogP contribution in [0.25, 0.3) is 0 Å². The second kappa shape index (κ2) is 5.90. The Labute approximate surface area is 74.8 Å². The van der Waals surface area contributed by atoms with Gasteiger partial charge in [-0.1, -0.05) is 0 Å². The summed E-state index contributed by atoms with van der Waals surface area (Å²) in [6, 6.07) is 0.771. The van der Waals surface area contributed by atoms with E-state index in [2.05, 4.69) is 19.7 Å². The van der Waals surface area contributed by atoms with Crippen LogP contribution in [-0.4, -0.2) is 28.8 Å². The number of hydrogen-bond donors (Lipinski definition) is 1. The Morgan fingerprint density at radius 2 is 1.91 bits per heavy atom. The molecular weight excluding hydrogens is 180 g/mol. The summed E-state index contributed by atoms with van der Waals surface area (Å²) in [5.41, 5.74) is 0. The standard InChI is InChI=1S/C6H14O3SSi/c1-7-11(8-2,9-3)6-4-5-10/h1,4-6H2,2-3H3/p+1. The Balaban J connectivity index is 3.84. The highest BCUT2D eigenvalue weighted by Gasteiger charge is 2.41. The van der Waals surface area contributed by atoms with Crippen LogP contribution in [0.4, 0.5) is 0 Å². The first-order chi connectivity index (χ1) is 5.24. The summed E-state index contributed by atoms with van der Waals surface area (Å²) in [7, 11) is 4.11. The van der Waals surface area contributed by atoms with Gasteiger partial charge in [0.2, 0.25) is 7.11 Å². The van der Waals surface area contributed by atoms with Crippen molar-refractivity contribution in [2.45, 2.75) is 12.5 Å². The minimum Gasteiger partial charge on any atom is -0.375 e. The maximum atomic E-state index is 5.14. The molecular formula is C6H15O3SSi+. The summed E-state index contributed by atoms with van der Waals surface area (Å²) in [4.78, 5) is 0. The Kier molecular flexibility index (Phi) is 6.07. The lowest BCUT2D eigenvalue weighted by Crippen LogP contribution is -2.42. The highest BCUT2D eigenvalue weighted by molar-refractivity contribution is 7.80. The molecule has 0 amide bonds. The van der Waals surface area contributed by atoms with E-state index in [1.165, 1.54) is 0 Å². The van der Waals surface area contributed by atoms with Gasteiger partial charge in [0.1, 0.15) is 0 Å². The van der Waals surface area contributed by atoms with Crippen LogP contribution >= 0.6 is 12.6 Å². The summed E-state index contributed by atoms with van der Waals surface area (Å²) in [5, 5.41) is 0. The lowest BCUT2D eigenvalue weighted by atomic mass is 10.6. The molecule has 0 aliphatic rings. The molecule has 0 bridgehead atoms. The first-order valence-corrected chi connectivity index (χ1v) is 5.95. The predicted octanol–water partition coefficient (Wildman–Crippen LogP) is 1.35. The van der Waals surface area contributed by atoms with Crippen molar-refractivity contribution in [3.8, 4) is 0 Å². The quantitative estimate of drug-likeness (QED) is 0.394. The topological polar surface area (TPSA) is 27.7 Å². The monoisotopic (exact) mass is 195 g/mol. The molecule has 3 nitrogen and oxygen atoms in total. The van der Waals surface area contributed by atoms with E-state index >= 15 is 0 Å². The van der Waals surface area contributed by atoms with Gasteiger partial charge in [-0.2, -0.15) is 17.1 Å². The van der Waals surface area contributed by atoms with Crippen LogP contribution in [0.3, 0.4) is 0 Å². The van der Waals surface area contributed by atoms with E-state index in [4.69, 9.17) is 13.3 Å². The molecule has 5 heteroatoms. The number of rotatable bonds is 6. The van der Waals surface area contributed by atoms with E-state index in [-0.39, 0.29) is 0 Å². The SMILES string of the molecule is [CH2+]O[Si](CCCS)(OC)OC. The van der Waals surface area contributed by atoms with Crippen LogP contribution in [0.1, 0.15) is 6.42 Å². The fourth-order valence-corrected chi connectivity index (χ4v) is 2.79. The molecule has 0 aliphatic heterocycles. The Morgan fingerprint density at radius 3 is 2.18 bits per heavy atom. The highest BCUT2D eigenvalue weighted by Crippen LogP contribution is 2.15. The Bertz CT molecular complexity index is 89.6. The maximum Gasteiger partial charge on any atom is 0.547 e. The van der Waals surface area contributed by atoms with Gasteiger partial charge in [0, 0.05) is 20.3 Å². The third kappa shape index (κ3) is 3.48. The zero-order valence-electron chi connectivity index (χ0n) is 7.00. The molecule has 0 heterocycles. The summed E-state index contributed by atoms with van der Waals surface area (Å²) in [6.07, 6.45) is 0.923. The average molecular weight is 195 g/mol. The third-order valence-electron chi connectivity index (χ3n) is 1.48. The first kappa shape index (κ1) is 11.3. The lowest BCUT2D eigenvalue weighted by Gasteiger charge is -2.19. The van der Waals surface area contributed by atoms with E-state index in [0.717, 1.165) is 18.2 Å². The van der Waals surface area contributed by atoms with Crippen molar-refractivity contribution in [1.82, 2.24) is 0 Å². The van der Waals surface area contributed by atoms with Gasteiger partial charge in [-0.25, -0.2) is 0 Å². The molecule has 0 fully saturated rings. The summed E-state index contributed by atoms with van der Waals surface area (Å²) in [6.45, 7) is 0. The third-order valence-corrected chi connectivity index (χ3v) is 4.45. The molecule has 66 valence electrons. The molecule has 0 aromatic carbocycles. The van der Waals surface area contributed by atoms with Crippen molar-refractivity contribution in [2.75, 3.05) is 20.0 Å². The van der Waals surface area contributed by atoms with Gasteiger partial charge in [0.15, 0.2) is 0 Å². The van der Waals surface area contributed by atoms with Crippen molar-refractivity contribution in [1.29, 1.82) is 0 Å². The van der Waals surface area contributed by atoms with Gasteiger partial charge in [-0.3, -0.25) is 0 Å². The van der Waals surface area contributed by atoms with Gasteiger partial charge >= 0.3 is 8.80 Å². The molecule has 0 atom stereocenters. The fraction of sp³-hybridized carbons (Fsp3) is 0.833. The van der Waals surface area contributed by atoms with Crippen LogP contribution in [0.2, 0.25) is 6.04 Å². The van der Waals surface area contributed by atoms with E-state index in [9.17, 15) is 0 Å². The summed E-state index contributed by atoms with van der Waals surface area (Å²) >= 11 is 4.08. The molecule has 0 aromatic heterocycles. The molecule has 0 N–H and O–H groups in total. The summed E-state index contributed by atoms with van der Waals surface area (Å²) in [5.74, 6) is 0.810. The van der Waals surface area contributed by atoms with Crippen LogP contribution in [0.15, 0.2) is 0 Å². The molecule has 0 saturated heterocycles. The molecule has 0 unspecified atom stereocenters. The van der Waals surface area contributed by atoms with Crippen LogP contribution in [0.5, 0.6) is 0 Å². The van der Waals surface area contributed by atoms with Crippen LogP contribution in [0, 0.1) is 7.11 Å². The van der Waals surface area contributed by atoms with Gasteiger partial charge in [0.25, 0.3) is 0 Å². The zero-order chi connectivity index (χ0) is 8.74. The first-order valence-electron chi connectivity index (χ1n) is 3.39. The highest BCUT2D eigenvalue weighted by atomic mass is 32.1. The second-order valence-electron chi connectivity index (χ2n) is 2.06. The Morgan fingerprint density at radius 1 is 1.36 bits per heavy atom. The number of thiol groups is 1.